The predicted octanol–water partition coefficient (Wildman–Crippen LogP) is 0.229. The summed E-state index contributed by atoms with van der Waals surface area (Å²) in [5, 5.41) is 18.0. The maximum absolute atomic E-state index is 9.30. The minimum Gasteiger partial charge on any atom is -0.394 e. The molecule has 0 aromatic rings. The highest BCUT2D eigenvalue weighted by Crippen LogP contribution is 2.15. The van der Waals surface area contributed by atoms with Crippen LogP contribution in [0.3, 0.4) is 0 Å². The van der Waals surface area contributed by atoms with Crippen molar-refractivity contribution in [2.75, 3.05) is 26.2 Å². The molecule has 90 valence electrons. The van der Waals surface area contributed by atoms with Crippen LogP contribution in [0.2, 0.25) is 0 Å². The fourth-order valence-electron chi connectivity index (χ4n) is 1.97. The van der Waals surface area contributed by atoms with Gasteiger partial charge in [0.15, 0.2) is 0 Å². The molecule has 1 atom stereocenters. The second-order valence-electron chi connectivity index (χ2n) is 4.52. The zero-order valence-electron chi connectivity index (χ0n) is 9.72. The van der Waals surface area contributed by atoms with E-state index in [1.807, 2.05) is 0 Å². The molecule has 1 saturated heterocycles. The van der Waals surface area contributed by atoms with Gasteiger partial charge in [-0.05, 0) is 26.7 Å². The van der Waals surface area contributed by atoms with Crippen molar-refractivity contribution in [2.45, 2.75) is 45.0 Å². The molecule has 1 rings (SSSR count). The second kappa shape index (κ2) is 6.43. The van der Waals surface area contributed by atoms with E-state index in [1.54, 1.807) is 0 Å². The molecular weight excluding hydrogens is 194 g/mol. The zero-order valence-corrected chi connectivity index (χ0v) is 9.72. The largest absolute Gasteiger partial charge is 0.394 e. The fourth-order valence-corrected chi connectivity index (χ4v) is 1.97. The number of likely N-dealkylation sites (tertiary alicyclic amines) is 1. The first-order valence-corrected chi connectivity index (χ1v) is 5.78. The van der Waals surface area contributed by atoms with Gasteiger partial charge in [0.05, 0.1) is 24.9 Å². The summed E-state index contributed by atoms with van der Waals surface area (Å²) in [6.07, 6.45) is 2.11. The SMILES string of the molecule is CC(C)OC1CCN(CC(O)CO)CC1. The van der Waals surface area contributed by atoms with Crippen LogP contribution in [-0.4, -0.2) is 59.7 Å². The molecule has 4 nitrogen and oxygen atoms in total. The summed E-state index contributed by atoms with van der Waals surface area (Å²) in [5.41, 5.74) is 0. The number of hydrogen-bond acceptors (Lipinski definition) is 4. The zero-order chi connectivity index (χ0) is 11.3. The van der Waals surface area contributed by atoms with Crippen molar-refractivity contribution < 1.29 is 14.9 Å². The molecule has 1 aliphatic rings. The van der Waals surface area contributed by atoms with Gasteiger partial charge >= 0.3 is 0 Å². The van der Waals surface area contributed by atoms with Crippen LogP contribution in [0.5, 0.6) is 0 Å². The van der Waals surface area contributed by atoms with Crippen LogP contribution in [0.4, 0.5) is 0 Å². The quantitative estimate of drug-likeness (QED) is 0.692. The number of rotatable bonds is 5. The van der Waals surface area contributed by atoms with Gasteiger partial charge in [-0.1, -0.05) is 0 Å². The van der Waals surface area contributed by atoms with Gasteiger partial charge in [-0.15, -0.1) is 0 Å². The van der Waals surface area contributed by atoms with Crippen LogP contribution in [0.15, 0.2) is 0 Å². The monoisotopic (exact) mass is 217 g/mol. The van der Waals surface area contributed by atoms with Crippen LogP contribution in [0.1, 0.15) is 26.7 Å². The molecule has 1 fully saturated rings. The van der Waals surface area contributed by atoms with Crippen LogP contribution in [0, 0.1) is 0 Å². The summed E-state index contributed by atoms with van der Waals surface area (Å²) < 4.78 is 5.73. The smallest absolute Gasteiger partial charge is 0.0897 e. The molecule has 0 saturated carbocycles. The van der Waals surface area contributed by atoms with E-state index in [-0.39, 0.29) is 6.61 Å². The van der Waals surface area contributed by atoms with E-state index in [0.29, 0.717) is 18.8 Å². The summed E-state index contributed by atoms with van der Waals surface area (Å²) in [5.74, 6) is 0. The summed E-state index contributed by atoms with van der Waals surface area (Å²) in [4.78, 5) is 2.18. The van der Waals surface area contributed by atoms with Gasteiger partial charge in [0.2, 0.25) is 0 Å². The van der Waals surface area contributed by atoms with E-state index in [1.165, 1.54) is 0 Å². The number of aliphatic hydroxyl groups excluding tert-OH is 2. The molecule has 0 amide bonds. The molecule has 2 N–H and O–H groups in total. The van der Waals surface area contributed by atoms with Crippen LogP contribution < -0.4 is 0 Å². The number of piperidine rings is 1. The van der Waals surface area contributed by atoms with E-state index < -0.39 is 6.10 Å². The number of aliphatic hydroxyl groups is 2. The predicted molar refractivity (Wildman–Crippen MR) is 58.8 cm³/mol. The topological polar surface area (TPSA) is 52.9 Å². The molecule has 15 heavy (non-hydrogen) atoms. The highest BCUT2D eigenvalue weighted by molar-refractivity contribution is 4.74. The standard InChI is InChI=1S/C11H23NO3/c1-9(2)15-11-3-5-12(6-4-11)7-10(14)8-13/h9-11,13-14H,3-8H2,1-2H3. The van der Waals surface area contributed by atoms with Crippen molar-refractivity contribution in [3.05, 3.63) is 0 Å². The van der Waals surface area contributed by atoms with E-state index in [0.717, 1.165) is 25.9 Å². The van der Waals surface area contributed by atoms with Crippen molar-refractivity contribution in [3.8, 4) is 0 Å². The Morgan fingerprint density at radius 2 is 1.93 bits per heavy atom. The molecule has 4 heteroatoms. The molecule has 1 heterocycles. The molecular formula is C11H23NO3. The van der Waals surface area contributed by atoms with Crippen molar-refractivity contribution in [1.82, 2.24) is 4.90 Å². The molecule has 0 spiro atoms. The Morgan fingerprint density at radius 3 is 2.40 bits per heavy atom. The highest BCUT2D eigenvalue weighted by atomic mass is 16.5. The Balaban J connectivity index is 2.18. The number of hydrogen-bond donors (Lipinski definition) is 2. The average molecular weight is 217 g/mol. The summed E-state index contributed by atoms with van der Waals surface area (Å²) in [7, 11) is 0. The minimum atomic E-state index is -0.604. The first-order valence-electron chi connectivity index (χ1n) is 5.78. The van der Waals surface area contributed by atoms with Gasteiger partial charge < -0.3 is 19.8 Å². The number of ether oxygens (including phenoxy) is 1. The minimum absolute atomic E-state index is 0.150. The summed E-state index contributed by atoms with van der Waals surface area (Å²) in [6.45, 7) is 6.44. The lowest BCUT2D eigenvalue weighted by atomic mass is 10.1. The Morgan fingerprint density at radius 1 is 1.33 bits per heavy atom. The van der Waals surface area contributed by atoms with Gasteiger partial charge in [-0.2, -0.15) is 0 Å². The molecule has 0 aromatic heterocycles. The molecule has 0 radical (unpaired) electrons. The first-order chi connectivity index (χ1) is 7.11. The Bertz CT molecular complexity index is 167. The van der Waals surface area contributed by atoms with Crippen molar-refractivity contribution in [2.24, 2.45) is 0 Å². The third-order valence-corrected chi connectivity index (χ3v) is 2.68. The Labute approximate surface area is 91.8 Å². The van der Waals surface area contributed by atoms with E-state index in [9.17, 15) is 5.11 Å². The Kier molecular flexibility index (Phi) is 5.53. The van der Waals surface area contributed by atoms with Gasteiger partial charge in [-0.3, -0.25) is 0 Å². The third kappa shape index (κ3) is 4.93. The maximum Gasteiger partial charge on any atom is 0.0897 e. The van der Waals surface area contributed by atoms with Gasteiger partial charge in [0, 0.05) is 19.6 Å². The normalized spacial score (nSPS) is 22.2. The molecule has 0 aliphatic carbocycles. The van der Waals surface area contributed by atoms with Crippen LogP contribution in [-0.2, 0) is 4.74 Å². The van der Waals surface area contributed by atoms with Crippen molar-refractivity contribution in [1.29, 1.82) is 0 Å². The van der Waals surface area contributed by atoms with Gasteiger partial charge in [0.1, 0.15) is 0 Å². The number of β-amino-alcohol motifs (C(OH)–C–C–N with tert-alkyl or cyclic N) is 1. The molecule has 0 bridgehead atoms. The van der Waals surface area contributed by atoms with Gasteiger partial charge in [0.25, 0.3) is 0 Å². The lowest BCUT2D eigenvalue weighted by molar-refractivity contribution is -0.0350. The third-order valence-electron chi connectivity index (χ3n) is 2.68. The second-order valence-corrected chi connectivity index (χ2v) is 4.52. The van der Waals surface area contributed by atoms with E-state index in [2.05, 4.69) is 18.7 Å². The van der Waals surface area contributed by atoms with Gasteiger partial charge in [-0.25, -0.2) is 0 Å². The first kappa shape index (κ1) is 12.9. The van der Waals surface area contributed by atoms with Crippen molar-refractivity contribution in [3.63, 3.8) is 0 Å². The van der Waals surface area contributed by atoms with Crippen LogP contribution >= 0.6 is 0 Å². The maximum atomic E-state index is 9.30. The molecule has 0 aromatic carbocycles. The van der Waals surface area contributed by atoms with E-state index >= 15 is 0 Å². The fraction of sp³-hybridized carbons (Fsp3) is 1.00. The average Bonchev–Trinajstić information content (AvgIpc) is 2.20. The van der Waals surface area contributed by atoms with Crippen LogP contribution in [0.25, 0.3) is 0 Å². The lowest BCUT2D eigenvalue weighted by Crippen LogP contribution is -2.42. The highest BCUT2D eigenvalue weighted by Gasteiger charge is 2.21. The number of nitrogens with zero attached hydrogens (tertiary/aromatic N) is 1. The molecule has 1 unspecified atom stereocenters. The summed E-state index contributed by atoms with van der Waals surface area (Å²) in [6, 6.07) is 0. The lowest BCUT2D eigenvalue weighted by Gasteiger charge is -2.33. The Hall–Kier alpha value is -0.160. The molecule has 1 aliphatic heterocycles. The van der Waals surface area contributed by atoms with E-state index in [4.69, 9.17) is 9.84 Å². The van der Waals surface area contributed by atoms with Crippen molar-refractivity contribution >= 4 is 0 Å². The summed E-state index contributed by atoms with van der Waals surface area (Å²) >= 11 is 0.